The van der Waals surface area contributed by atoms with Crippen molar-refractivity contribution in [3.8, 4) is 0 Å². The maximum Gasteiger partial charge on any atom is 0.317 e. The summed E-state index contributed by atoms with van der Waals surface area (Å²) in [7, 11) is 0. The molecule has 1 aliphatic heterocycles. The molecule has 0 saturated carbocycles. The van der Waals surface area contributed by atoms with Crippen LogP contribution in [-0.4, -0.2) is 48.3 Å². The molecule has 1 rings (SSSR count). The van der Waals surface area contributed by atoms with Gasteiger partial charge in [0.25, 0.3) is 0 Å². The van der Waals surface area contributed by atoms with E-state index in [4.69, 9.17) is 9.84 Å². The third kappa shape index (κ3) is 4.07. The van der Waals surface area contributed by atoms with Crippen molar-refractivity contribution in [2.75, 3.05) is 26.2 Å². The largest absolute Gasteiger partial charge is 0.480 e. The number of carboxylic acids is 1. The second-order valence-corrected chi connectivity index (χ2v) is 4.27. The number of hydrogen-bond acceptors (Lipinski definition) is 3. The van der Waals surface area contributed by atoms with Crippen molar-refractivity contribution in [2.24, 2.45) is 5.92 Å². The smallest absolute Gasteiger partial charge is 0.317 e. The van der Waals surface area contributed by atoms with Gasteiger partial charge in [-0.25, -0.2) is 0 Å². The molecule has 82 valence electrons. The predicted molar refractivity (Wildman–Crippen MR) is 53.3 cm³/mol. The molecule has 0 aliphatic carbocycles. The number of aliphatic carboxylic acids is 1. The molecule has 0 amide bonds. The van der Waals surface area contributed by atoms with Crippen molar-refractivity contribution >= 4 is 5.97 Å². The molecule has 1 heterocycles. The van der Waals surface area contributed by atoms with Crippen LogP contribution < -0.4 is 0 Å². The fourth-order valence-electron chi connectivity index (χ4n) is 1.60. The van der Waals surface area contributed by atoms with Crippen LogP contribution in [0.4, 0.5) is 0 Å². The van der Waals surface area contributed by atoms with Crippen LogP contribution in [-0.2, 0) is 9.53 Å². The molecule has 1 saturated heterocycles. The van der Waals surface area contributed by atoms with E-state index in [0.717, 1.165) is 26.1 Å². The van der Waals surface area contributed by atoms with E-state index in [1.54, 1.807) is 0 Å². The number of carbonyl (C=O) groups is 1. The Hall–Kier alpha value is -0.610. The number of likely N-dealkylation sites (tertiary alicyclic amines) is 1. The molecule has 0 radical (unpaired) electrons. The lowest BCUT2D eigenvalue weighted by Gasteiger charge is -2.15. The average Bonchev–Trinajstić information content (AvgIpc) is 2.47. The van der Waals surface area contributed by atoms with Gasteiger partial charge in [0, 0.05) is 19.7 Å². The molecule has 0 aromatic rings. The van der Waals surface area contributed by atoms with Gasteiger partial charge in [0.1, 0.15) is 0 Å². The number of ether oxygens (including phenoxy) is 1. The van der Waals surface area contributed by atoms with Gasteiger partial charge in [0.15, 0.2) is 0 Å². The summed E-state index contributed by atoms with van der Waals surface area (Å²) in [5.74, 6) is -0.210. The maximum atomic E-state index is 10.4. The number of nitrogens with zero attached hydrogens (tertiary/aromatic N) is 1. The van der Waals surface area contributed by atoms with E-state index >= 15 is 0 Å². The molecule has 4 nitrogen and oxygen atoms in total. The normalized spacial score (nSPS) is 23.2. The molecule has 0 bridgehead atoms. The Morgan fingerprint density at radius 2 is 2.36 bits per heavy atom. The predicted octanol–water partition coefficient (Wildman–Crippen LogP) is 0.818. The van der Waals surface area contributed by atoms with Gasteiger partial charge < -0.3 is 9.84 Å². The Bertz CT molecular complexity index is 194. The summed E-state index contributed by atoms with van der Waals surface area (Å²) in [5, 5.41) is 8.60. The third-order valence-electron chi connectivity index (χ3n) is 2.25. The van der Waals surface area contributed by atoms with Crippen molar-refractivity contribution in [2.45, 2.75) is 26.4 Å². The molecule has 14 heavy (non-hydrogen) atoms. The summed E-state index contributed by atoms with van der Waals surface area (Å²) in [6.07, 6.45) is 1.19. The first-order valence-corrected chi connectivity index (χ1v) is 5.13. The van der Waals surface area contributed by atoms with Crippen molar-refractivity contribution in [3.05, 3.63) is 0 Å². The highest BCUT2D eigenvalue weighted by Gasteiger charge is 2.24. The van der Waals surface area contributed by atoms with Gasteiger partial charge in [-0.15, -0.1) is 0 Å². The van der Waals surface area contributed by atoms with E-state index in [1.807, 2.05) is 4.90 Å². The van der Waals surface area contributed by atoms with Crippen LogP contribution in [0, 0.1) is 5.92 Å². The molecule has 1 unspecified atom stereocenters. The number of carboxylic acid groups (broad SMARTS) is 1. The highest BCUT2D eigenvalue weighted by atomic mass is 16.5. The van der Waals surface area contributed by atoms with Crippen LogP contribution in [0.15, 0.2) is 0 Å². The maximum absolute atomic E-state index is 10.4. The molecule has 1 aliphatic rings. The first kappa shape index (κ1) is 11.5. The van der Waals surface area contributed by atoms with E-state index in [9.17, 15) is 4.79 Å². The highest BCUT2D eigenvalue weighted by molar-refractivity contribution is 5.69. The average molecular weight is 201 g/mol. The molecule has 1 N–H and O–H groups in total. The van der Waals surface area contributed by atoms with Crippen LogP contribution in [0.1, 0.15) is 20.3 Å². The van der Waals surface area contributed by atoms with Gasteiger partial charge in [-0.05, 0) is 12.3 Å². The van der Waals surface area contributed by atoms with E-state index in [0.29, 0.717) is 5.92 Å². The van der Waals surface area contributed by atoms with Crippen molar-refractivity contribution < 1.29 is 14.6 Å². The van der Waals surface area contributed by atoms with Gasteiger partial charge in [-0.3, -0.25) is 9.69 Å². The van der Waals surface area contributed by atoms with Crippen LogP contribution in [0.25, 0.3) is 0 Å². The zero-order valence-corrected chi connectivity index (χ0v) is 8.90. The lowest BCUT2D eigenvalue weighted by molar-refractivity contribution is -0.138. The molecule has 0 spiro atoms. The minimum atomic E-state index is -0.755. The molecule has 1 atom stereocenters. The van der Waals surface area contributed by atoms with Crippen LogP contribution in [0.3, 0.4) is 0 Å². The summed E-state index contributed by atoms with van der Waals surface area (Å²) in [5.41, 5.74) is 0. The first-order valence-electron chi connectivity index (χ1n) is 5.13. The lowest BCUT2D eigenvalue weighted by Crippen LogP contribution is -2.29. The fraction of sp³-hybridized carbons (Fsp3) is 0.900. The zero-order chi connectivity index (χ0) is 10.6. The monoisotopic (exact) mass is 201 g/mol. The Labute approximate surface area is 84.8 Å². The molecule has 0 aromatic heterocycles. The van der Waals surface area contributed by atoms with Crippen molar-refractivity contribution in [1.82, 2.24) is 4.90 Å². The SMILES string of the molecule is CC(C)COC1CCN(CC(=O)O)C1. The summed E-state index contributed by atoms with van der Waals surface area (Å²) >= 11 is 0. The lowest BCUT2D eigenvalue weighted by atomic mass is 10.2. The summed E-state index contributed by atoms with van der Waals surface area (Å²) in [4.78, 5) is 12.4. The Morgan fingerprint density at radius 1 is 1.64 bits per heavy atom. The molecular weight excluding hydrogens is 182 g/mol. The quantitative estimate of drug-likeness (QED) is 0.715. The zero-order valence-electron chi connectivity index (χ0n) is 8.90. The standard InChI is InChI=1S/C10H19NO3/c1-8(2)7-14-9-3-4-11(5-9)6-10(12)13/h8-9H,3-7H2,1-2H3,(H,12,13). The minimum absolute atomic E-state index is 0.140. The fourth-order valence-corrected chi connectivity index (χ4v) is 1.60. The first-order chi connectivity index (χ1) is 6.58. The van der Waals surface area contributed by atoms with Gasteiger partial charge in [0.05, 0.1) is 12.6 Å². The summed E-state index contributed by atoms with van der Waals surface area (Å²) in [6, 6.07) is 0. The second kappa shape index (κ2) is 5.32. The van der Waals surface area contributed by atoms with E-state index in [-0.39, 0.29) is 12.6 Å². The Balaban J connectivity index is 2.17. The molecular formula is C10H19NO3. The van der Waals surface area contributed by atoms with E-state index < -0.39 is 5.97 Å². The van der Waals surface area contributed by atoms with Gasteiger partial charge in [0.2, 0.25) is 0 Å². The summed E-state index contributed by atoms with van der Waals surface area (Å²) < 4.78 is 5.64. The highest BCUT2D eigenvalue weighted by Crippen LogP contribution is 2.13. The van der Waals surface area contributed by atoms with Crippen LogP contribution >= 0.6 is 0 Å². The van der Waals surface area contributed by atoms with Gasteiger partial charge in [-0.2, -0.15) is 0 Å². The molecule has 0 aromatic carbocycles. The van der Waals surface area contributed by atoms with E-state index in [1.165, 1.54) is 0 Å². The number of hydrogen-bond donors (Lipinski definition) is 1. The van der Waals surface area contributed by atoms with Crippen LogP contribution in [0.5, 0.6) is 0 Å². The topological polar surface area (TPSA) is 49.8 Å². The van der Waals surface area contributed by atoms with Crippen LogP contribution in [0.2, 0.25) is 0 Å². The number of rotatable bonds is 5. The second-order valence-electron chi connectivity index (χ2n) is 4.27. The summed E-state index contributed by atoms with van der Waals surface area (Å²) in [6.45, 7) is 6.75. The van der Waals surface area contributed by atoms with Crippen molar-refractivity contribution in [1.29, 1.82) is 0 Å². The van der Waals surface area contributed by atoms with Gasteiger partial charge >= 0.3 is 5.97 Å². The third-order valence-corrected chi connectivity index (χ3v) is 2.25. The van der Waals surface area contributed by atoms with Crippen molar-refractivity contribution in [3.63, 3.8) is 0 Å². The van der Waals surface area contributed by atoms with Gasteiger partial charge in [-0.1, -0.05) is 13.8 Å². The minimum Gasteiger partial charge on any atom is -0.480 e. The Morgan fingerprint density at radius 3 is 2.93 bits per heavy atom. The van der Waals surface area contributed by atoms with E-state index in [2.05, 4.69) is 13.8 Å². The molecule has 1 fully saturated rings. The Kier molecular flexibility index (Phi) is 4.35. The molecule has 4 heteroatoms.